The van der Waals surface area contributed by atoms with E-state index in [0.717, 1.165) is 5.56 Å². The number of benzene rings is 2. The zero-order chi connectivity index (χ0) is 13.0. The van der Waals surface area contributed by atoms with E-state index in [2.05, 4.69) is 0 Å². The van der Waals surface area contributed by atoms with Gasteiger partial charge in [0.15, 0.2) is 11.5 Å². The first-order valence-electron chi connectivity index (χ1n) is 5.53. The molecule has 2 rings (SSSR count). The van der Waals surface area contributed by atoms with Crippen LogP contribution in [0.4, 0.5) is 0 Å². The van der Waals surface area contributed by atoms with Crippen molar-refractivity contribution in [3.63, 3.8) is 0 Å². The van der Waals surface area contributed by atoms with Gasteiger partial charge in [-0.3, -0.25) is 0 Å². The minimum atomic E-state index is -0.350. The Morgan fingerprint density at radius 1 is 0.889 bits per heavy atom. The molecule has 2 aromatic carbocycles. The van der Waals surface area contributed by atoms with Gasteiger partial charge in [0.05, 0.1) is 6.61 Å². The lowest BCUT2D eigenvalue weighted by molar-refractivity contribution is 0.264. The molecule has 0 radical (unpaired) electrons. The van der Waals surface area contributed by atoms with Gasteiger partial charge in [0, 0.05) is 5.56 Å². The smallest absolute Gasteiger partial charge is 0.200 e. The second kappa shape index (κ2) is 5.42. The number of rotatable bonds is 4. The molecule has 0 atom stereocenters. The summed E-state index contributed by atoms with van der Waals surface area (Å²) in [5.74, 6) is -0.505. The standard InChI is InChI=1S/C14H14O4/c15-8-11-6-7-12(14(17)13(11)16)18-9-10-4-2-1-3-5-10/h1-7,15-17H,8-9H2. The molecule has 0 aromatic heterocycles. The molecule has 0 aliphatic rings. The number of phenols is 2. The van der Waals surface area contributed by atoms with Crippen molar-refractivity contribution >= 4 is 0 Å². The Balaban J connectivity index is 2.13. The molecule has 0 bridgehead atoms. The molecule has 4 heteroatoms. The van der Waals surface area contributed by atoms with Crippen molar-refractivity contribution < 1.29 is 20.1 Å². The summed E-state index contributed by atoms with van der Waals surface area (Å²) in [6, 6.07) is 12.5. The fourth-order valence-corrected chi connectivity index (χ4v) is 1.58. The minimum absolute atomic E-state index is 0.188. The Hall–Kier alpha value is -2.20. The molecule has 4 nitrogen and oxygen atoms in total. The van der Waals surface area contributed by atoms with Gasteiger partial charge in [-0.05, 0) is 17.7 Å². The first-order valence-corrected chi connectivity index (χ1v) is 5.53. The fourth-order valence-electron chi connectivity index (χ4n) is 1.58. The lowest BCUT2D eigenvalue weighted by Crippen LogP contribution is -1.96. The summed E-state index contributed by atoms with van der Waals surface area (Å²) in [5, 5.41) is 28.2. The van der Waals surface area contributed by atoms with Crippen molar-refractivity contribution in [3.05, 3.63) is 53.6 Å². The summed E-state index contributed by atoms with van der Waals surface area (Å²) in [4.78, 5) is 0. The summed E-state index contributed by atoms with van der Waals surface area (Å²) < 4.78 is 5.41. The van der Waals surface area contributed by atoms with Gasteiger partial charge >= 0.3 is 0 Å². The molecule has 2 aromatic rings. The predicted octanol–water partition coefficient (Wildman–Crippen LogP) is 2.17. The zero-order valence-electron chi connectivity index (χ0n) is 9.71. The number of aliphatic hydroxyl groups excluding tert-OH is 1. The molecule has 3 N–H and O–H groups in total. The predicted molar refractivity (Wildman–Crippen MR) is 66.5 cm³/mol. The van der Waals surface area contributed by atoms with Gasteiger partial charge in [0.2, 0.25) is 5.75 Å². The highest BCUT2D eigenvalue weighted by molar-refractivity contribution is 5.53. The van der Waals surface area contributed by atoms with E-state index < -0.39 is 0 Å². The number of ether oxygens (including phenoxy) is 1. The van der Waals surface area contributed by atoms with Crippen LogP contribution in [0.25, 0.3) is 0 Å². The second-order valence-electron chi connectivity index (χ2n) is 3.85. The normalized spacial score (nSPS) is 10.3. The SMILES string of the molecule is OCc1ccc(OCc2ccccc2)c(O)c1O. The molecule has 0 saturated carbocycles. The van der Waals surface area contributed by atoms with Crippen LogP contribution in [-0.2, 0) is 13.2 Å². The molecular weight excluding hydrogens is 232 g/mol. The van der Waals surface area contributed by atoms with Gasteiger partial charge in [-0.25, -0.2) is 0 Å². The first-order chi connectivity index (χ1) is 8.72. The lowest BCUT2D eigenvalue weighted by Gasteiger charge is -2.11. The van der Waals surface area contributed by atoms with E-state index in [1.807, 2.05) is 30.3 Å². The summed E-state index contributed by atoms with van der Waals surface area (Å²) in [5.41, 5.74) is 1.22. The highest BCUT2D eigenvalue weighted by atomic mass is 16.5. The van der Waals surface area contributed by atoms with Crippen molar-refractivity contribution in [1.29, 1.82) is 0 Å². The zero-order valence-corrected chi connectivity index (χ0v) is 9.71. The molecule has 0 aliphatic heterocycles. The Kier molecular flexibility index (Phi) is 3.69. The number of phenolic OH excluding ortho intramolecular Hbond substituents is 1. The van der Waals surface area contributed by atoms with Crippen LogP contribution in [0.5, 0.6) is 17.2 Å². The van der Waals surface area contributed by atoms with Gasteiger partial charge in [0.25, 0.3) is 0 Å². The van der Waals surface area contributed by atoms with Gasteiger partial charge in [-0.15, -0.1) is 0 Å². The van der Waals surface area contributed by atoms with Gasteiger partial charge in [-0.2, -0.15) is 0 Å². The lowest BCUT2D eigenvalue weighted by atomic mass is 10.2. The van der Waals surface area contributed by atoms with Gasteiger partial charge < -0.3 is 20.1 Å². The number of aromatic hydroxyl groups is 2. The molecule has 0 fully saturated rings. The molecule has 0 amide bonds. The summed E-state index contributed by atoms with van der Waals surface area (Å²) in [6.07, 6.45) is 0. The van der Waals surface area contributed by atoms with Crippen LogP contribution >= 0.6 is 0 Å². The van der Waals surface area contributed by atoms with Crippen LogP contribution in [-0.4, -0.2) is 15.3 Å². The average Bonchev–Trinajstić information content (AvgIpc) is 2.42. The third-order valence-corrected chi connectivity index (χ3v) is 2.61. The summed E-state index contributed by atoms with van der Waals surface area (Å²) in [6.45, 7) is -0.0370. The molecule has 0 saturated heterocycles. The Morgan fingerprint density at radius 2 is 1.61 bits per heavy atom. The fraction of sp³-hybridized carbons (Fsp3) is 0.143. The molecule has 0 heterocycles. The van der Waals surface area contributed by atoms with E-state index in [4.69, 9.17) is 9.84 Å². The maximum absolute atomic E-state index is 9.70. The van der Waals surface area contributed by atoms with Crippen molar-refractivity contribution in [3.8, 4) is 17.2 Å². The maximum atomic E-state index is 9.70. The molecule has 18 heavy (non-hydrogen) atoms. The highest BCUT2D eigenvalue weighted by Crippen LogP contribution is 2.38. The Bertz CT molecular complexity index is 523. The van der Waals surface area contributed by atoms with Crippen LogP contribution in [0.3, 0.4) is 0 Å². The summed E-state index contributed by atoms with van der Waals surface area (Å²) in [7, 11) is 0. The van der Waals surface area contributed by atoms with Crippen LogP contribution < -0.4 is 4.74 Å². The van der Waals surface area contributed by atoms with Crippen LogP contribution in [0, 0.1) is 0 Å². The number of aliphatic hydroxyl groups is 1. The maximum Gasteiger partial charge on any atom is 0.200 e. The molecule has 94 valence electrons. The minimum Gasteiger partial charge on any atom is -0.504 e. The van der Waals surface area contributed by atoms with Crippen LogP contribution in [0.15, 0.2) is 42.5 Å². The topological polar surface area (TPSA) is 69.9 Å². The van der Waals surface area contributed by atoms with E-state index in [0.29, 0.717) is 6.61 Å². The quantitative estimate of drug-likeness (QED) is 0.723. The van der Waals surface area contributed by atoms with E-state index in [-0.39, 0.29) is 29.4 Å². The van der Waals surface area contributed by atoms with E-state index in [1.165, 1.54) is 12.1 Å². The van der Waals surface area contributed by atoms with Gasteiger partial charge in [-0.1, -0.05) is 30.3 Å². The number of hydrogen-bond acceptors (Lipinski definition) is 4. The van der Waals surface area contributed by atoms with Crippen LogP contribution in [0.2, 0.25) is 0 Å². The first kappa shape index (κ1) is 12.3. The second-order valence-corrected chi connectivity index (χ2v) is 3.85. The van der Waals surface area contributed by atoms with E-state index in [9.17, 15) is 10.2 Å². The number of hydrogen-bond donors (Lipinski definition) is 3. The molecule has 0 unspecified atom stereocenters. The molecule has 0 spiro atoms. The van der Waals surface area contributed by atoms with E-state index >= 15 is 0 Å². The Morgan fingerprint density at radius 3 is 2.28 bits per heavy atom. The van der Waals surface area contributed by atoms with Crippen molar-refractivity contribution in [2.45, 2.75) is 13.2 Å². The highest BCUT2D eigenvalue weighted by Gasteiger charge is 2.12. The van der Waals surface area contributed by atoms with Crippen molar-refractivity contribution in [1.82, 2.24) is 0 Å². The molecule has 0 aliphatic carbocycles. The Labute approximate surface area is 105 Å². The van der Waals surface area contributed by atoms with Gasteiger partial charge in [0.1, 0.15) is 6.61 Å². The summed E-state index contributed by atoms with van der Waals surface area (Å²) >= 11 is 0. The van der Waals surface area contributed by atoms with Crippen LogP contribution in [0.1, 0.15) is 11.1 Å². The van der Waals surface area contributed by atoms with E-state index in [1.54, 1.807) is 0 Å². The average molecular weight is 246 g/mol. The largest absolute Gasteiger partial charge is 0.504 e. The van der Waals surface area contributed by atoms with Crippen molar-refractivity contribution in [2.75, 3.05) is 0 Å². The van der Waals surface area contributed by atoms with Crippen molar-refractivity contribution in [2.24, 2.45) is 0 Å². The monoisotopic (exact) mass is 246 g/mol. The third-order valence-electron chi connectivity index (χ3n) is 2.61. The third kappa shape index (κ3) is 2.55. The molecular formula is C14H14O4.